The number of aromatic nitrogens is 1. The van der Waals surface area contributed by atoms with Crippen LogP contribution in [0.3, 0.4) is 0 Å². The van der Waals surface area contributed by atoms with Crippen molar-refractivity contribution in [3.05, 3.63) is 194 Å². The Balaban J connectivity index is 1.11. The lowest BCUT2D eigenvalue weighted by molar-refractivity contribution is 0.309. The highest BCUT2D eigenvalue weighted by molar-refractivity contribution is 6.93. The number of hydrogen-bond donors (Lipinski definition) is 2. The number of aryl methyl sites for hydroxylation is 7. The summed E-state index contributed by atoms with van der Waals surface area (Å²) in [4.78, 5) is 10.5. The summed E-state index contributed by atoms with van der Waals surface area (Å²) < 4.78 is 2.06. The van der Waals surface area contributed by atoms with Crippen LogP contribution in [-0.2, 0) is 24.7 Å². The van der Waals surface area contributed by atoms with Gasteiger partial charge >= 0.3 is 0 Å². The minimum absolute atomic E-state index is 0.000241. The summed E-state index contributed by atoms with van der Waals surface area (Å²) in [6, 6.07) is 28.9. The van der Waals surface area contributed by atoms with Gasteiger partial charge in [0.1, 0.15) is 5.84 Å². The molecule has 0 fully saturated rings. The Bertz CT molecular complexity index is 3360. The molecule has 0 saturated heterocycles. The van der Waals surface area contributed by atoms with Gasteiger partial charge in [0.25, 0.3) is 0 Å². The van der Waals surface area contributed by atoms with Crippen LogP contribution in [0, 0.1) is 58.3 Å². The Morgan fingerprint density at radius 3 is 2.19 bits per heavy atom. The third-order valence-corrected chi connectivity index (χ3v) is 19.4. The lowest BCUT2D eigenvalue weighted by Gasteiger charge is -2.53. The van der Waals surface area contributed by atoms with E-state index >= 15 is 0 Å². The van der Waals surface area contributed by atoms with Crippen LogP contribution in [0.5, 0.6) is 0 Å². The molecule has 0 amide bonds. The van der Waals surface area contributed by atoms with E-state index in [4.69, 9.17) is 4.99 Å². The van der Waals surface area contributed by atoms with Crippen LogP contribution in [0.1, 0.15) is 170 Å². The van der Waals surface area contributed by atoms with Crippen molar-refractivity contribution in [1.82, 2.24) is 9.47 Å². The van der Waals surface area contributed by atoms with E-state index in [1.807, 2.05) is 0 Å². The summed E-state index contributed by atoms with van der Waals surface area (Å²) in [5.41, 5.74) is 23.1. The molecular formula is C75H100B2N6. The Kier molecular flexibility index (Phi) is 18.3. The number of nitrogens with one attached hydrogen (secondary N) is 2. The average Bonchev–Trinajstić information content (AvgIpc) is 1.76. The highest BCUT2D eigenvalue weighted by Gasteiger charge is 2.51. The SMILES string of the molecule is CC/C=C\C(C)(C)N(C)/C(=N\C(=N)n1cc(C)c2c1CCC2)C1C=CC(C(C)(C)CCc2cc(C)cc(C)c2B(/C=C/CC)C2CC(Nc3ccccc3)C=C3B(c4c(C)cc(C)cc4C)c4cc(C(C)(C)C)ccc4N(C(C)C)C32)=CC1. The summed E-state index contributed by atoms with van der Waals surface area (Å²) in [6.45, 7) is 40.1. The van der Waals surface area contributed by atoms with Crippen molar-refractivity contribution >= 4 is 53.0 Å². The van der Waals surface area contributed by atoms with Gasteiger partial charge in [0, 0.05) is 54.4 Å². The Morgan fingerprint density at radius 2 is 1.54 bits per heavy atom. The number of likely N-dealkylation sites (N-methyl/N-ethyl adjacent to an activating group) is 1. The third-order valence-electron chi connectivity index (χ3n) is 19.4. The number of rotatable bonds is 16. The smallest absolute Gasteiger partial charge is 0.242 e. The molecule has 5 aromatic rings. The first-order valence-corrected chi connectivity index (χ1v) is 31.8. The van der Waals surface area contributed by atoms with Crippen LogP contribution >= 0.6 is 0 Å². The van der Waals surface area contributed by atoms with Gasteiger partial charge in [-0.05, 0) is 190 Å². The first kappa shape index (κ1) is 61.3. The maximum absolute atomic E-state index is 9.48. The minimum atomic E-state index is -0.283. The molecule has 3 aliphatic carbocycles. The molecule has 9 rings (SSSR count). The van der Waals surface area contributed by atoms with Gasteiger partial charge in [-0.15, -0.1) is 5.98 Å². The Morgan fingerprint density at radius 1 is 0.855 bits per heavy atom. The topological polar surface area (TPSA) is 59.7 Å². The van der Waals surface area contributed by atoms with Crippen molar-refractivity contribution in [2.45, 2.75) is 210 Å². The Labute approximate surface area is 503 Å². The molecule has 4 aliphatic rings. The van der Waals surface area contributed by atoms with E-state index in [1.54, 1.807) is 0 Å². The number of allylic oxidation sites excluding steroid dienone is 5. The normalized spacial score (nSPS) is 19.3. The van der Waals surface area contributed by atoms with Gasteiger partial charge in [0.15, 0.2) is 0 Å². The predicted molar refractivity (Wildman–Crippen MR) is 364 cm³/mol. The molecule has 0 radical (unpaired) electrons. The van der Waals surface area contributed by atoms with Crippen LogP contribution in [0.2, 0.25) is 5.82 Å². The zero-order valence-electron chi connectivity index (χ0n) is 54.3. The molecular weight excluding hydrogens is 1010 g/mol. The van der Waals surface area contributed by atoms with Crippen molar-refractivity contribution < 1.29 is 0 Å². The molecule has 4 aromatic carbocycles. The molecule has 0 saturated carbocycles. The van der Waals surface area contributed by atoms with Gasteiger partial charge in [-0.3, -0.25) is 9.98 Å². The Hall–Kier alpha value is -6.27. The highest BCUT2D eigenvalue weighted by Crippen LogP contribution is 2.46. The second-order valence-electron chi connectivity index (χ2n) is 27.9. The van der Waals surface area contributed by atoms with Crippen molar-refractivity contribution in [3.63, 3.8) is 0 Å². The van der Waals surface area contributed by atoms with Gasteiger partial charge in [-0.25, -0.2) is 0 Å². The third kappa shape index (κ3) is 12.7. The number of amidine groups is 1. The van der Waals surface area contributed by atoms with E-state index in [1.165, 1.54) is 94.6 Å². The summed E-state index contributed by atoms with van der Waals surface area (Å²) in [5, 5.41) is 13.6. The van der Waals surface area contributed by atoms with E-state index in [0.29, 0.717) is 5.96 Å². The number of fused-ring (bicyclic) bond motifs is 3. The number of hydrogen-bond acceptors (Lipinski definition) is 3. The monoisotopic (exact) mass is 1110 g/mol. The average molecular weight is 1110 g/mol. The second kappa shape index (κ2) is 24.7. The van der Waals surface area contributed by atoms with Crippen LogP contribution < -0.4 is 26.6 Å². The number of benzene rings is 4. The van der Waals surface area contributed by atoms with Gasteiger partial charge in [0.05, 0.1) is 5.54 Å². The molecule has 8 heteroatoms. The molecule has 1 aliphatic heterocycles. The van der Waals surface area contributed by atoms with Crippen LogP contribution in [0.25, 0.3) is 0 Å². The molecule has 6 nitrogen and oxygen atoms in total. The molecule has 1 aromatic heterocycles. The van der Waals surface area contributed by atoms with Crippen molar-refractivity contribution in [2.24, 2.45) is 16.3 Å². The highest BCUT2D eigenvalue weighted by atomic mass is 15.3. The first-order valence-electron chi connectivity index (χ1n) is 31.8. The fraction of sp³-hybridized carbons (Fsp3) is 0.467. The molecule has 2 N–H and O–H groups in total. The lowest BCUT2D eigenvalue weighted by atomic mass is 9.26. The van der Waals surface area contributed by atoms with Gasteiger partial charge in [-0.1, -0.05) is 195 Å². The second-order valence-corrected chi connectivity index (χ2v) is 27.9. The van der Waals surface area contributed by atoms with Crippen LogP contribution in [-0.4, -0.2) is 65.4 Å². The largest absolute Gasteiger partial charge is 0.379 e. The molecule has 436 valence electrons. The molecule has 0 spiro atoms. The maximum atomic E-state index is 9.48. The van der Waals surface area contributed by atoms with Crippen LogP contribution in [0.15, 0.2) is 144 Å². The number of aliphatic imine (C=N–C) groups is 1. The van der Waals surface area contributed by atoms with E-state index < -0.39 is 0 Å². The molecule has 0 bridgehead atoms. The molecule has 2 heterocycles. The lowest BCUT2D eigenvalue weighted by Crippen LogP contribution is -2.65. The minimum Gasteiger partial charge on any atom is -0.379 e. The number of para-hydroxylation sites is 1. The van der Waals surface area contributed by atoms with Gasteiger partial charge < -0.3 is 15.1 Å². The fourth-order valence-electron chi connectivity index (χ4n) is 15.0. The number of anilines is 2. The van der Waals surface area contributed by atoms with Crippen molar-refractivity contribution in [1.29, 1.82) is 5.41 Å². The van der Waals surface area contributed by atoms with Gasteiger partial charge in [-0.2, -0.15) is 4.99 Å². The van der Waals surface area contributed by atoms with E-state index in [-0.39, 0.29) is 59.7 Å². The summed E-state index contributed by atoms with van der Waals surface area (Å²) in [6.07, 6.45) is 28.2. The summed E-state index contributed by atoms with van der Waals surface area (Å²) in [7, 11) is 2.17. The fourth-order valence-corrected chi connectivity index (χ4v) is 15.0. The van der Waals surface area contributed by atoms with E-state index in [0.717, 1.165) is 63.6 Å². The summed E-state index contributed by atoms with van der Waals surface area (Å²) >= 11 is 0. The van der Waals surface area contributed by atoms with Crippen LogP contribution in [0.4, 0.5) is 11.4 Å². The first-order chi connectivity index (χ1) is 39.3. The van der Waals surface area contributed by atoms with E-state index in [9.17, 15) is 5.41 Å². The standard InChI is InChI=1S/C75H100B2N6/c1-19-21-38-75(16,17)81(18)71(80-72(78)82-48-55(10)62-29-26-30-66(62)82)56-31-33-58(34-32-56)74(14,15)39-37-57-44-51(6)43-54(9)69(57)76(40-22-20-2)64-46-61(79-60-27-24-23-25-28-60)47-65-70(64)83(49(3)4)67-36-35-59(73(11,12)13)45-63(67)77(65)68-52(7)41-50(5)42-53(68)8/h21-25,27-28,31,33-36,38,40-45,47-49,56,61,64,70,78-79H,19-20,26,29-30,32,37,39,46H2,1-18H3/b38-21-,40-22+,78-72?,80-71-. The predicted octanol–water partition coefficient (Wildman–Crippen LogP) is 16.0. The molecule has 4 unspecified atom stereocenters. The van der Waals surface area contributed by atoms with Crippen molar-refractivity contribution in [2.75, 3.05) is 17.3 Å². The maximum Gasteiger partial charge on any atom is 0.242 e. The molecule has 4 atom stereocenters. The number of nitrogens with zero attached hydrogens (tertiary/aromatic N) is 4. The van der Waals surface area contributed by atoms with Crippen molar-refractivity contribution in [3.8, 4) is 0 Å². The zero-order valence-corrected chi connectivity index (χ0v) is 54.3. The van der Waals surface area contributed by atoms with Gasteiger partial charge in [0.2, 0.25) is 19.4 Å². The quantitative estimate of drug-likeness (QED) is 0.0448. The molecule has 83 heavy (non-hydrogen) atoms. The zero-order chi connectivity index (χ0) is 59.9. The summed E-state index contributed by atoms with van der Waals surface area (Å²) in [5.74, 6) is 4.19. The van der Waals surface area contributed by atoms with E-state index in [2.05, 4.69) is 272 Å².